The van der Waals surface area contributed by atoms with E-state index in [1.54, 1.807) is 7.11 Å². The molecule has 37 heavy (non-hydrogen) atoms. The molecule has 11 nitrogen and oxygen atoms in total. The minimum Gasteiger partial charge on any atom is -0.382 e. The summed E-state index contributed by atoms with van der Waals surface area (Å²) in [6.45, 7) is 14.1. The highest BCUT2D eigenvalue weighted by atomic mass is 16.6. The molecule has 0 spiro atoms. The van der Waals surface area contributed by atoms with Crippen LogP contribution in [-0.4, -0.2) is 146 Å². The van der Waals surface area contributed by atoms with Crippen molar-refractivity contribution in [1.29, 1.82) is 0 Å². The molecule has 0 aliphatic heterocycles. The van der Waals surface area contributed by atoms with Gasteiger partial charge in [-0.25, -0.2) is 0 Å². The normalized spacial score (nSPS) is 11.5. The second kappa shape index (κ2) is 35.6. The van der Waals surface area contributed by atoms with Gasteiger partial charge in [-0.1, -0.05) is 19.8 Å². The monoisotopic (exact) mass is 542 g/mol. The van der Waals surface area contributed by atoms with Crippen LogP contribution in [0.5, 0.6) is 0 Å². The zero-order valence-corrected chi connectivity index (χ0v) is 23.5. The minimum atomic E-state index is 0.527. The van der Waals surface area contributed by atoms with E-state index in [0.29, 0.717) is 132 Å². The molecule has 0 aliphatic rings. The van der Waals surface area contributed by atoms with Crippen LogP contribution in [0.15, 0.2) is 0 Å². The van der Waals surface area contributed by atoms with Gasteiger partial charge in [-0.3, -0.25) is 0 Å². The smallest absolute Gasteiger partial charge is 0.0701 e. The van der Waals surface area contributed by atoms with Gasteiger partial charge >= 0.3 is 0 Å². The summed E-state index contributed by atoms with van der Waals surface area (Å²) in [6, 6.07) is 0. The Kier molecular flexibility index (Phi) is 35.1. The first-order valence-electron chi connectivity index (χ1n) is 13.7. The van der Waals surface area contributed by atoms with E-state index in [2.05, 4.69) is 6.92 Å². The van der Waals surface area contributed by atoms with E-state index in [-0.39, 0.29) is 0 Å². The van der Waals surface area contributed by atoms with Gasteiger partial charge in [0, 0.05) is 13.7 Å². The van der Waals surface area contributed by atoms with Crippen molar-refractivity contribution in [1.82, 2.24) is 0 Å². The van der Waals surface area contributed by atoms with Gasteiger partial charge in [0.1, 0.15) is 0 Å². The lowest BCUT2D eigenvalue weighted by Crippen LogP contribution is -2.15. The lowest BCUT2D eigenvalue weighted by molar-refractivity contribution is -0.0271. The van der Waals surface area contributed by atoms with Crippen LogP contribution < -0.4 is 0 Å². The van der Waals surface area contributed by atoms with E-state index < -0.39 is 0 Å². The molecule has 0 aromatic carbocycles. The number of methoxy groups -OCH3 is 1. The first-order valence-corrected chi connectivity index (χ1v) is 13.7. The van der Waals surface area contributed by atoms with E-state index in [1.807, 2.05) is 0 Å². The van der Waals surface area contributed by atoms with Crippen LogP contribution in [0.1, 0.15) is 26.2 Å². The average Bonchev–Trinajstić information content (AvgIpc) is 2.91. The topological polar surface area (TPSA) is 102 Å². The summed E-state index contributed by atoms with van der Waals surface area (Å²) in [7, 11) is 1.65. The molecule has 224 valence electrons. The highest BCUT2D eigenvalue weighted by Crippen LogP contribution is 1.94. The molecule has 11 heteroatoms. The Bertz CT molecular complexity index is 358. The van der Waals surface area contributed by atoms with Crippen LogP contribution in [0, 0.1) is 0 Å². The highest BCUT2D eigenvalue weighted by Gasteiger charge is 1.96. The molecular weight excluding hydrogens is 488 g/mol. The molecule has 0 aromatic heterocycles. The second-order valence-electron chi connectivity index (χ2n) is 7.82. The quantitative estimate of drug-likeness (QED) is 0.112. The molecule has 0 heterocycles. The van der Waals surface area contributed by atoms with Gasteiger partial charge in [-0.15, -0.1) is 0 Å². The van der Waals surface area contributed by atoms with Crippen molar-refractivity contribution in [2.24, 2.45) is 0 Å². The number of unbranched alkanes of at least 4 members (excludes halogenated alkanes) is 2. The van der Waals surface area contributed by atoms with E-state index in [4.69, 9.17) is 52.1 Å². The van der Waals surface area contributed by atoms with Crippen LogP contribution in [0.25, 0.3) is 0 Å². The van der Waals surface area contributed by atoms with E-state index in [9.17, 15) is 0 Å². The summed E-state index contributed by atoms with van der Waals surface area (Å²) in [5.41, 5.74) is 0. The predicted octanol–water partition coefficient (Wildman–Crippen LogP) is 1.99. The van der Waals surface area contributed by atoms with Crippen LogP contribution in [0.3, 0.4) is 0 Å². The number of hydrogen-bond donors (Lipinski definition) is 0. The SMILES string of the molecule is CCCCCOCCOCCOCCOCCOCCOCCOCCOCCOCCOCCOC. The van der Waals surface area contributed by atoms with Crippen molar-refractivity contribution >= 4 is 0 Å². The maximum absolute atomic E-state index is 5.47. The lowest BCUT2D eigenvalue weighted by atomic mass is 10.3. The van der Waals surface area contributed by atoms with Gasteiger partial charge in [0.2, 0.25) is 0 Å². The van der Waals surface area contributed by atoms with Gasteiger partial charge in [-0.05, 0) is 6.42 Å². The maximum atomic E-state index is 5.47. The van der Waals surface area contributed by atoms with Gasteiger partial charge in [0.05, 0.1) is 132 Å². The first-order chi connectivity index (χ1) is 18.4. The fourth-order valence-corrected chi connectivity index (χ4v) is 2.68. The van der Waals surface area contributed by atoms with Gasteiger partial charge in [0.15, 0.2) is 0 Å². The Hall–Kier alpha value is -0.440. The largest absolute Gasteiger partial charge is 0.382 e. The van der Waals surface area contributed by atoms with Crippen molar-refractivity contribution in [2.45, 2.75) is 26.2 Å². The van der Waals surface area contributed by atoms with Crippen molar-refractivity contribution in [3.05, 3.63) is 0 Å². The summed E-state index contributed by atoms with van der Waals surface area (Å²) in [4.78, 5) is 0. The fraction of sp³-hybridized carbons (Fsp3) is 1.00. The summed E-state index contributed by atoms with van der Waals surface area (Å²) >= 11 is 0. The van der Waals surface area contributed by atoms with Crippen molar-refractivity contribution in [3.63, 3.8) is 0 Å². The third-order valence-electron chi connectivity index (χ3n) is 4.67. The van der Waals surface area contributed by atoms with E-state index in [1.165, 1.54) is 12.8 Å². The lowest BCUT2D eigenvalue weighted by Gasteiger charge is -2.09. The highest BCUT2D eigenvalue weighted by molar-refractivity contribution is 4.39. The Balaban J connectivity index is 3.00. The number of hydrogen-bond acceptors (Lipinski definition) is 11. The number of rotatable bonds is 34. The summed E-state index contributed by atoms with van der Waals surface area (Å²) in [5, 5.41) is 0. The van der Waals surface area contributed by atoms with Crippen molar-refractivity contribution in [2.75, 3.05) is 146 Å². The zero-order chi connectivity index (χ0) is 26.7. The van der Waals surface area contributed by atoms with Gasteiger partial charge in [0.25, 0.3) is 0 Å². The van der Waals surface area contributed by atoms with Crippen LogP contribution >= 0.6 is 0 Å². The van der Waals surface area contributed by atoms with E-state index >= 15 is 0 Å². The molecular formula is C26H54O11. The molecule has 0 unspecified atom stereocenters. The van der Waals surface area contributed by atoms with Gasteiger partial charge in [-0.2, -0.15) is 0 Å². The molecule has 0 amide bonds. The Morgan fingerprint density at radius 2 is 0.486 bits per heavy atom. The van der Waals surface area contributed by atoms with Gasteiger partial charge < -0.3 is 52.1 Å². The predicted molar refractivity (Wildman–Crippen MR) is 140 cm³/mol. The molecule has 0 bridgehead atoms. The molecule has 0 atom stereocenters. The van der Waals surface area contributed by atoms with Crippen molar-refractivity contribution in [3.8, 4) is 0 Å². The maximum Gasteiger partial charge on any atom is 0.0701 e. The second-order valence-corrected chi connectivity index (χ2v) is 7.82. The zero-order valence-electron chi connectivity index (χ0n) is 23.5. The Labute approximate surface area is 224 Å². The molecule has 0 radical (unpaired) electrons. The minimum absolute atomic E-state index is 0.527. The molecule has 0 fully saturated rings. The molecule has 0 rings (SSSR count). The third-order valence-corrected chi connectivity index (χ3v) is 4.67. The Morgan fingerprint density at radius 3 is 0.703 bits per heavy atom. The summed E-state index contributed by atoms with van der Waals surface area (Å²) in [5.74, 6) is 0. The standard InChI is InChI=1S/C26H54O11/c1-3-4-5-6-28-9-10-30-13-14-32-17-18-34-21-22-36-25-26-37-24-23-35-20-19-33-16-15-31-12-11-29-8-7-27-2/h3-26H2,1-2H3. The molecule has 0 saturated heterocycles. The average molecular weight is 543 g/mol. The summed E-state index contributed by atoms with van der Waals surface area (Å²) < 4.78 is 59.2. The molecule has 0 N–H and O–H groups in total. The molecule has 0 saturated carbocycles. The summed E-state index contributed by atoms with van der Waals surface area (Å²) in [6.07, 6.45) is 3.55. The van der Waals surface area contributed by atoms with E-state index in [0.717, 1.165) is 13.0 Å². The van der Waals surface area contributed by atoms with Crippen LogP contribution in [0.4, 0.5) is 0 Å². The number of ether oxygens (including phenoxy) is 11. The fourth-order valence-electron chi connectivity index (χ4n) is 2.68. The first kappa shape index (κ1) is 36.6. The van der Waals surface area contributed by atoms with Crippen molar-refractivity contribution < 1.29 is 52.1 Å². The third kappa shape index (κ3) is 35.6. The van der Waals surface area contributed by atoms with Crippen LogP contribution in [0.2, 0.25) is 0 Å². The molecule has 0 aromatic rings. The molecule has 0 aliphatic carbocycles. The Morgan fingerprint density at radius 1 is 0.270 bits per heavy atom. The van der Waals surface area contributed by atoms with Crippen LogP contribution in [-0.2, 0) is 52.1 Å².